The molecule has 0 spiro atoms. The second-order valence-electron chi connectivity index (χ2n) is 6.17. The molecule has 0 aliphatic carbocycles. The zero-order valence-electron chi connectivity index (χ0n) is 13.8. The number of rotatable bonds is 3. The highest BCUT2D eigenvalue weighted by Gasteiger charge is 2.25. The van der Waals surface area contributed by atoms with Gasteiger partial charge in [-0.2, -0.15) is 0 Å². The summed E-state index contributed by atoms with van der Waals surface area (Å²) in [4.78, 5) is 20.2. The minimum Gasteiger partial charge on any atom is -0.381 e. The molecule has 1 aromatic carbocycles. The fourth-order valence-electron chi connectivity index (χ4n) is 3.12. The van der Waals surface area contributed by atoms with Crippen LogP contribution >= 0.6 is 22.9 Å². The Bertz CT molecular complexity index is 897. The lowest BCUT2D eigenvalue weighted by molar-refractivity contribution is 0.0358. The van der Waals surface area contributed by atoms with Crippen molar-refractivity contribution in [2.24, 2.45) is 0 Å². The molecule has 3 heterocycles. The molecular weight excluding hydrogens is 358 g/mol. The number of imidazole rings is 1. The Morgan fingerprint density at radius 1 is 1.32 bits per heavy atom. The Morgan fingerprint density at radius 3 is 2.76 bits per heavy atom. The number of fused-ring (bicyclic) bond motifs is 1. The molecule has 1 aliphatic heterocycles. The average molecular weight is 376 g/mol. The van der Waals surface area contributed by atoms with Gasteiger partial charge >= 0.3 is 0 Å². The van der Waals surface area contributed by atoms with Gasteiger partial charge in [0.05, 0.1) is 5.69 Å². The van der Waals surface area contributed by atoms with Crippen LogP contribution in [0.5, 0.6) is 0 Å². The molecule has 1 amide bonds. The summed E-state index contributed by atoms with van der Waals surface area (Å²) in [5, 5.41) is 2.57. The lowest BCUT2D eigenvalue weighted by atomic mass is 10.1. The third-order valence-corrected chi connectivity index (χ3v) is 5.72. The van der Waals surface area contributed by atoms with Crippen molar-refractivity contribution in [1.82, 2.24) is 14.3 Å². The minimum atomic E-state index is 0.0261. The van der Waals surface area contributed by atoms with Crippen molar-refractivity contribution in [3.05, 3.63) is 46.6 Å². The van der Waals surface area contributed by atoms with E-state index in [4.69, 9.17) is 16.3 Å². The molecule has 25 heavy (non-hydrogen) atoms. The van der Waals surface area contributed by atoms with Gasteiger partial charge in [0.25, 0.3) is 5.91 Å². The molecule has 0 saturated carbocycles. The van der Waals surface area contributed by atoms with Crippen LogP contribution in [0.25, 0.3) is 16.2 Å². The number of benzene rings is 1. The number of carbonyl (C=O) groups is 1. The Morgan fingerprint density at radius 2 is 2.04 bits per heavy atom. The monoisotopic (exact) mass is 375 g/mol. The van der Waals surface area contributed by atoms with Crippen LogP contribution in [0.2, 0.25) is 5.02 Å². The second-order valence-corrected chi connectivity index (χ2v) is 7.44. The molecule has 130 valence electrons. The summed E-state index contributed by atoms with van der Waals surface area (Å²) in [6, 6.07) is 7.79. The topological polar surface area (TPSA) is 46.8 Å². The molecule has 0 unspecified atom stereocenters. The summed E-state index contributed by atoms with van der Waals surface area (Å²) in [6.07, 6.45) is 3.69. The van der Waals surface area contributed by atoms with Gasteiger partial charge in [-0.3, -0.25) is 9.20 Å². The molecule has 0 N–H and O–H groups in total. The van der Waals surface area contributed by atoms with E-state index < -0.39 is 0 Å². The zero-order chi connectivity index (χ0) is 17.4. The molecule has 0 radical (unpaired) electrons. The number of hydrogen-bond donors (Lipinski definition) is 0. The van der Waals surface area contributed by atoms with Crippen molar-refractivity contribution in [3.8, 4) is 11.3 Å². The SMILES string of the molecule is CN(C(=O)c1csc2nc(-c3ccc(Cl)cc3)cn12)C1CCOCC1. The van der Waals surface area contributed by atoms with Crippen molar-refractivity contribution < 1.29 is 9.53 Å². The van der Waals surface area contributed by atoms with E-state index >= 15 is 0 Å². The molecule has 2 aromatic heterocycles. The standard InChI is InChI=1S/C18H18ClN3O2S/c1-21(14-6-8-24-9-7-14)17(23)16-11-25-18-20-15(10-22(16)18)12-2-4-13(19)5-3-12/h2-5,10-11,14H,6-9H2,1H3. The molecule has 1 saturated heterocycles. The molecule has 1 fully saturated rings. The molecule has 5 nitrogen and oxygen atoms in total. The van der Waals surface area contributed by atoms with E-state index in [-0.39, 0.29) is 11.9 Å². The summed E-state index contributed by atoms with van der Waals surface area (Å²) in [7, 11) is 1.87. The van der Waals surface area contributed by atoms with Gasteiger partial charge in [-0.15, -0.1) is 11.3 Å². The first-order valence-electron chi connectivity index (χ1n) is 8.21. The highest BCUT2D eigenvalue weighted by atomic mass is 35.5. The number of halogens is 1. The molecule has 0 atom stereocenters. The van der Waals surface area contributed by atoms with Crippen LogP contribution in [-0.2, 0) is 4.74 Å². The highest BCUT2D eigenvalue weighted by Crippen LogP contribution is 2.26. The summed E-state index contributed by atoms with van der Waals surface area (Å²) in [5.41, 5.74) is 2.48. The highest BCUT2D eigenvalue weighted by molar-refractivity contribution is 7.15. The van der Waals surface area contributed by atoms with E-state index in [1.807, 2.05) is 52.2 Å². The lowest BCUT2D eigenvalue weighted by Gasteiger charge is -2.31. The zero-order valence-corrected chi connectivity index (χ0v) is 15.4. The van der Waals surface area contributed by atoms with E-state index in [1.54, 1.807) is 0 Å². The molecule has 0 bridgehead atoms. The van der Waals surface area contributed by atoms with Gasteiger partial charge < -0.3 is 9.64 Å². The maximum absolute atomic E-state index is 12.9. The van der Waals surface area contributed by atoms with Crippen LogP contribution in [0.4, 0.5) is 0 Å². The fourth-order valence-corrected chi connectivity index (χ4v) is 4.09. The van der Waals surface area contributed by atoms with Gasteiger partial charge in [0.2, 0.25) is 0 Å². The van der Waals surface area contributed by atoms with Gasteiger partial charge in [-0.1, -0.05) is 23.7 Å². The second kappa shape index (κ2) is 6.78. The fraction of sp³-hybridized carbons (Fsp3) is 0.333. The number of aromatic nitrogens is 2. The Hall–Kier alpha value is -1.89. The van der Waals surface area contributed by atoms with Crippen LogP contribution in [0.15, 0.2) is 35.8 Å². The molecule has 1 aliphatic rings. The summed E-state index contributed by atoms with van der Waals surface area (Å²) in [5.74, 6) is 0.0261. The third kappa shape index (κ3) is 3.17. The Labute approximate surface area is 154 Å². The van der Waals surface area contributed by atoms with E-state index in [0.717, 1.165) is 29.1 Å². The average Bonchev–Trinajstić information content (AvgIpc) is 3.22. The van der Waals surface area contributed by atoms with Crippen LogP contribution in [0.1, 0.15) is 23.3 Å². The summed E-state index contributed by atoms with van der Waals surface area (Å²) >= 11 is 7.43. The Kier molecular flexibility index (Phi) is 4.50. The van der Waals surface area contributed by atoms with Crippen molar-refractivity contribution in [1.29, 1.82) is 0 Å². The van der Waals surface area contributed by atoms with Gasteiger partial charge in [0.1, 0.15) is 5.69 Å². The third-order valence-electron chi connectivity index (χ3n) is 4.63. The largest absolute Gasteiger partial charge is 0.381 e. The van der Waals surface area contributed by atoms with Gasteiger partial charge in [-0.05, 0) is 25.0 Å². The van der Waals surface area contributed by atoms with Crippen LogP contribution in [0.3, 0.4) is 0 Å². The van der Waals surface area contributed by atoms with E-state index in [2.05, 4.69) is 4.98 Å². The van der Waals surface area contributed by atoms with Crippen LogP contribution in [0, 0.1) is 0 Å². The normalized spacial score (nSPS) is 15.6. The molecule has 3 aromatic rings. The molecular formula is C18H18ClN3O2S. The number of hydrogen-bond acceptors (Lipinski definition) is 4. The molecule has 7 heteroatoms. The van der Waals surface area contributed by atoms with Gasteiger partial charge in [-0.25, -0.2) is 4.98 Å². The van der Waals surface area contributed by atoms with Crippen molar-refractivity contribution in [2.75, 3.05) is 20.3 Å². The first-order chi connectivity index (χ1) is 12.1. The predicted molar refractivity (Wildman–Crippen MR) is 99.4 cm³/mol. The van der Waals surface area contributed by atoms with Crippen molar-refractivity contribution in [2.45, 2.75) is 18.9 Å². The first kappa shape index (κ1) is 16.6. The lowest BCUT2D eigenvalue weighted by Crippen LogP contribution is -2.41. The smallest absolute Gasteiger partial charge is 0.271 e. The van der Waals surface area contributed by atoms with Crippen LogP contribution < -0.4 is 0 Å². The summed E-state index contributed by atoms with van der Waals surface area (Å²) < 4.78 is 7.27. The number of nitrogens with zero attached hydrogens (tertiary/aromatic N) is 3. The predicted octanol–water partition coefficient (Wildman–Crippen LogP) is 3.97. The van der Waals surface area contributed by atoms with E-state index in [9.17, 15) is 4.79 Å². The summed E-state index contributed by atoms with van der Waals surface area (Å²) in [6.45, 7) is 1.43. The van der Waals surface area contributed by atoms with Crippen LogP contribution in [-0.4, -0.2) is 46.5 Å². The van der Waals surface area contributed by atoms with Gasteiger partial charge in [0, 0.05) is 48.5 Å². The van der Waals surface area contributed by atoms with E-state index in [1.165, 1.54) is 11.3 Å². The minimum absolute atomic E-state index is 0.0261. The number of thiazole rings is 1. The molecule has 4 rings (SSSR count). The number of carbonyl (C=O) groups excluding carboxylic acids is 1. The van der Waals surface area contributed by atoms with Crippen molar-refractivity contribution >= 4 is 33.8 Å². The Balaban J connectivity index is 1.63. The first-order valence-corrected chi connectivity index (χ1v) is 9.46. The number of ether oxygens (including phenoxy) is 1. The quantitative estimate of drug-likeness (QED) is 0.696. The maximum atomic E-state index is 12.9. The van der Waals surface area contributed by atoms with Crippen molar-refractivity contribution in [3.63, 3.8) is 0 Å². The maximum Gasteiger partial charge on any atom is 0.271 e. The van der Waals surface area contributed by atoms with E-state index in [0.29, 0.717) is 23.9 Å². The number of amides is 1. The van der Waals surface area contributed by atoms with Gasteiger partial charge in [0.15, 0.2) is 4.96 Å².